The van der Waals surface area contributed by atoms with E-state index in [4.69, 9.17) is 18.9 Å². The largest absolute Gasteiger partial charge is 0.493 e. The molecule has 6 heteroatoms. The van der Waals surface area contributed by atoms with Crippen molar-refractivity contribution >= 4 is 17.9 Å². The van der Waals surface area contributed by atoms with Crippen LogP contribution in [0.1, 0.15) is 18.1 Å². The van der Waals surface area contributed by atoms with Gasteiger partial charge in [0.25, 0.3) is 0 Å². The van der Waals surface area contributed by atoms with Crippen LogP contribution in [-0.2, 0) is 4.79 Å². The van der Waals surface area contributed by atoms with E-state index in [1.165, 1.54) is 0 Å². The maximum absolute atomic E-state index is 13.3. The maximum Gasteiger partial charge on any atom is 0.187 e. The number of piperidine rings is 1. The van der Waals surface area contributed by atoms with E-state index in [2.05, 4.69) is 11.8 Å². The van der Waals surface area contributed by atoms with Gasteiger partial charge < -0.3 is 18.9 Å². The molecule has 0 radical (unpaired) electrons. The third-order valence-electron chi connectivity index (χ3n) is 5.32. The third-order valence-corrected chi connectivity index (χ3v) is 5.32. The number of hydrogen-bond acceptors (Lipinski definition) is 6. The molecule has 1 aliphatic heterocycles. The van der Waals surface area contributed by atoms with Gasteiger partial charge in [-0.2, -0.15) is 0 Å². The number of benzene rings is 2. The van der Waals surface area contributed by atoms with Crippen molar-refractivity contribution in [3.8, 4) is 23.0 Å². The third kappa shape index (κ3) is 5.09. The Hall–Kier alpha value is -3.25. The minimum Gasteiger partial charge on any atom is -0.493 e. The van der Waals surface area contributed by atoms with E-state index >= 15 is 0 Å². The molecule has 2 aromatic carbocycles. The van der Waals surface area contributed by atoms with E-state index in [1.807, 2.05) is 48.6 Å². The van der Waals surface area contributed by atoms with Crippen LogP contribution in [0.3, 0.4) is 0 Å². The average molecular weight is 424 g/mol. The van der Waals surface area contributed by atoms with E-state index < -0.39 is 0 Å². The molecule has 0 amide bonds. The Morgan fingerprint density at radius 1 is 0.742 bits per heavy atom. The summed E-state index contributed by atoms with van der Waals surface area (Å²) in [6, 6.07) is 11.3. The molecule has 0 atom stereocenters. The lowest BCUT2D eigenvalue weighted by Gasteiger charge is -2.28. The Labute approximate surface area is 183 Å². The second kappa shape index (κ2) is 10.2. The molecule has 0 bridgehead atoms. The van der Waals surface area contributed by atoms with Crippen LogP contribution in [0.4, 0.5) is 0 Å². The topological polar surface area (TPSA) is 57.2 Å². The number of carbonyl (C=O) groups excluding carboxylic acids is 1. The lowest BCUT2D eigenvalue weighted by atomic mass is 9.94. The van der Waals surface area contributed by atoms with Crippen molar-refractivity contribution in [2.75, 3.05) is 48.1 Å². The summed E-state index contributed by atoms with van der Waals surface area (Å²) < 4.78 is 21.4. The first-order valence-electron chi connectivity index (χ1n) is 10.1. The van der Waals surface area contributed by atoms with Crippen LogP contribution in [0, 0.1) is 0 Å². The number of carbonyl (C=O) groups is 1. The predicted molar refractivity (Wildman–Crippen MR) is 122 cm³/mol. The first-order valence-corrected chi connectivity index (χ1v) is 10.1. The number of methoxy groups -OCH3 is 4. The van der Waals surface area contributed by atoms with Gasteiger partial charge in [0.2, 0.25) is 0 Å². The molecule has 31 heavy (non-hydrogen) atoms. The number of likely N-dealkylation sites (N-methyl/N-ethyl adjacent to an activating group) is 1. The number of likely N-dealkylation sites (tertiary alicyclic amines) is 1. The maximum atomic E-state index is 13.3. The first kappa shape index (κ1) is 22.4. The Morgan fingerprint density at radius 2 is 1.16 bits per heavy atom. The van der Waals surface area contributed by atoms with Gasteiger partial charge in [0.15, 0.2) is 28.8 Å². The zero-order chi connectivity index (χ0) is 22.4. The van der Waals surface area contributed by atoms with Crippen LogP contribution < -0.4 is 18.9 Å². The molecule has 0 saturated carbocycles. The second-order valence-corrected chi connectivity index (χ2v) is 7.20. The van der Waals surface area contributed by atoms with Crippen LogP contribution in [-0.4, -0.2) is 58.8 Å². The fraction of sp³-hybridized carbons (Fsp3) is 0.320. The van der Waals surface area contributed by atoms with Crippen molar-refractivity contribution in [3.05, 3.63) is 58.7 Å². The molecular formula is C25H29NO5. The SMILES string of the molecule is CCN1CC(=Cc2ccc(OC)c(OC)c2)C(=O)C(=Cc2ccc(OC)c(OC)c2)C1. The molecule has 1 fully saturated rings. The number of hydrogen-bond donors (Lipinski definition) is 0. The molecule has 0 spiro atoms. The summed E-state index contributed by atoms with van der Waals surface area (Å²) in [5, 5.41) is 0. The molecular weight excluding hydrogens is 394 g/mol. The van der Waals surface area contributed by atoms with Crippen LogP contribution >= 0.6 is 0 Å². The highest BCUT2D eigenvalue weighted by molar-refractivity contribution is 6.14. The van der Waals surface area contributed by atoms with E-state index in [0.29, 0.717) is 36.1 Å². The minimum atomic E-state index is 0.0502. The Bertz CT molecular complexity index is 931. The molecule has 1 saturated heterocycles. The van der Waals surface area contributed by atoms with Gasteiger partial charge in [0.1, 0.15) is 0 Å². The van der Waals surface area contributed by atoms with Crippen molar-refractivity contribution in [1.29, 1.82) is 0 Å². The van der Waals surface area contributed by atoms with Crippen LogP contribution in [0.25, 0.3) is 12.2 Å². The molecule has 6 nitrogen and oxygen atoms in total. The molecule has 0 unspecified atom stereocenters. The van der Waals surface area contributed by atoms with Crippen LogP contribution in [0.15, 0.2) is 47.5 Å². The molecule has 0 aromatic heterocycles. The zero-order valence-electron chi connectivity index (χ0n) is 18.7. The lowest BCUT2D eigenvalue weighted by Crippen LogP contribution is -2.37. The van der Waals surface area contributed by atoms with Crippen molar-refractivity contribution in [3.63, 3.8) is 0 Å². The molecule has 0 aliphatic carbocycles. The lowest BCUT2D eigenvalue weighted by molar-refractivity contribution is -0.113. The highest BCUT2D eigenvalue weighted by atomic mass is 16.5. The summed E-state index contributed by atoms with van der Waals surface area (Å²) in [7, 11) is 6.41. The van der Waals surface area contributed by atoms with Gasteiger partial charge in [-0.1, -0.05) is 19.1 Å². The number of ketones is 1. The molecule has 164 valence electrons. The summed E-state index contributed by atoms with van der Waals surface area (Å²) >= 11 is 0. The molecule has 0 N–H and O–H groups in total. The van der Waals surface area contributed by atoms with E-state index in [9.17, 15) is 4.79 Å². The van der Waals surface area contributed by atoms with Gasteiger partial charge in [0.05, 0.1) is 28.4 Å². The van der Waals surface area contributed by atoms with Crippen LogP contribution in [0.5, 0.6) is 23.0 Å². The van der Waals surface area contributed by atoms with Gasteiger partial charge in [0, 0.05) is 24.2 Å². The van der Waals surface area contributed by atoms with Gasteiger partial charge >= 0.3 is 0 Å². The Kier molecular flexibility index (Phi) is 7.36. The molecule has 1 heterocycles. The monoisotopic (exact) mass is 423 g/mol. The van der Waals surface area contributed by atoms with E-state index in [1.54, 1.807) is 28.4 Å². The van der Waals surface area contributed by atoms with Gasteiger partial charge in [-0.3, -0.25) is 9.69 Å². The highest BCUT2D eigenvalue weighted by Gasteiger charge is 2.25. The minimum absolute atomic E-state index is 0.0502. The fourth-order valence-electron chi connectivity index (χ4n) is 3.62. The van der Waals surface area contributed by atoms with Gasteiger partial charge in [-0.05, 0) is 54.1 Å². The first-order chi connectivity index (χ1) is 15.0. The molecule has 2 aromatic rings. The summed E-state index contributed by atoms with van der Waals surface area (Å²) in [5.41, 5.74) is 3.27. The predicted octanol–water partition coefficient (Wildman–Crippen LogP) is 4.09. The van der Waals surface area contributed by atoms with E-state index in [-0.39, 0.29) is 5.78 Å². The summed E-state index contributed by atoms with van der Waals surface area (Å²) in [5.74, 6) is 2.63. The second-order valence-electron chi connectivity index (χ2n) is 7.20. The highest BCUT2D eigenvalue weighted by Crippen LogP contribution is 2.31. The Balaban J connectivity index is 1.96. The van der Waals surface area contributed by atoms with Crippen molar-refractivity contribution in [2.24, 2.45) is 0 Å². The molecule has 3 rings (SSSR count). The average Bonchev–Trinajstić information content (AvgIpc) is 2.81. The van der Waals surface area contributed by atoms with Gasteiger partial charge in [-0.15, -0.1) is 0 Å². The standard InChI is InChI=1S/C25H29NO5/c1-6-26-15-19(11-17-7-9-21(28-2)23(13-17)30-4)25(27)20(16-26)12-18-8-10-22(29-3)24(14-18)31-5/h7-14H,6,15-16H2,1-5H3. The van der Waals surface area contributed by atoms with Crippen molar-refractivity contribution in [2.45, 2.75) is 6.92 Å². The smallest absolute Gasteiger partial charge is 0.187 e. The summed E-state index contributed by atoms with van der Waals surface area (Å²) in [6.45, 7) is 4.15. The zero-order valence-corrected chi connectivity index (χ0v) is 18.7. The summed E-state index contributed by atoms with van der Waals surface area (Å²) in [6.07, 6.45) is 3.85. The number of nitrogens with zero attached hydrogens (tertiary/aromatic N) is 1. The number of Topliss-reactive ketones (excluding diaryl/α,β-unsaturated/α-hetero) is 1. The van der Waals surface area contributed by atoms with Crippen molar-refractivity contribution in [1.82, 2.24) is 4.90 Å². The van der Waals surface area contributed by atoms with E-state index in [0.717, 1.165) is 28.8 Å². The molecule has 1 aliphatic rings. The Morgan fingerprint density at radius 3 is 1.52 bits per heavy atom. The summed E-state index contributed by atoms with van der Waals surface area (Å²) in [4.78, 5) is 15.5. The normalized spacial score (nSPS) is 17.1. The van der Waals surface area contributed by atoms with Crippen LogP contribution in [0.2, 0.25) is 0 Å². The number of ether oxygens (including phenoxy) is 4. The van der Waals surface area contributed by atoms with Gasteiger partial charge in [-0.25, -0.2) is 0 Å². The number of rotatable bonds is 7. The quantitative estimate of drug-likeness (QED) is 0.625. The fourth-order valence-corrected chi connectivity index (χ4v) is 3.62. The van der Waals surface area contributed by atoms with Crippen molar-refractivity contribution < 1.29 is 23.7 Å².